The molecule has 1 saturated heterocycles. The summed E-state index contributed by atoms with van der Waals surface area (Å²) in [4.78, 5) is 23.0. The molecular formula is C17H26ClN3O2. The van der Waals surface area contributed by atoms with Crippen LogP contribution >= 0.6 is 12.4 Å². The molecule has 1 aromatic carbocycles. The Morgan fingerprint density at radius 1 is 1.26 bits per heavy atom. The van der Waals surface area contributed by atoms with Crippen molar-refractivity contribution in [3.63, 3.8) is 0 Å². The number of rotatable bonds is 7. The van der Waals surface area contributed by atoms with E-state index in [1.807, 2.05) is 12.1 Å². The molecule has 4 N–H and O–H groups in total. The van der Waals surface area contributed by atoms with Crippen LogP contribution in [0.15, 0.2) is 24.3 Å². The Kier molecular flexibility index (Phi) is 8.66. The zero-order chi connectivity index (χ0) is 15.8. The standard InChI is InChI=1S/C17H25N3O2.ClH/c18-17(22)15-3-1-2-14(12-15)8-11-20-16(21)5-4-13-6-9-19-10-7-13;/h1-3,12-13,19H,4-11H2,(H2,18,22)(H,20,21);1H. The summed E-state index contributed by atoms with van der Waals surface area (Å²) >= 11 is 0. The molecule has 0 aromatic heterocycles. The van der Waals surface area contributed by atoms with Crippen molar-refractivity contribution in [3.8, 4) is 0 Å². The molecule has 0 spiro atoms. The molecule has 23 heavy (non-hydrogen) atoms. The molecule has 0 bridgehead atoms. The fourth-order valence-corrected chi connectivity index (χ4v) is 2.82. The van der Waals surface area contributed by atoms with Crippen LogP contribution in [0.4, 0.5) is 0 Å². The van der Waals surface area contributed by atoms with Gasteiger partial charge in [-0.3, -0.25) is 9.59 Å². The third-order valence-corrected chi connectivity index (χ3v) is 4.19. The highest BCUT2D eigenvalue weighted by Crippen LogP contribution is 2.17. The molecule has 1 aliphatic heterocycles. The van der Waals surface area contributed by atoms with Gasteiger partial charge in [-0.15, -0.1) is 12.4 Å². The van der Waals surface area contributed by atoms with Gasteiger partial charge in [0.15, 0.2) is 0 Å². The molecule has 0 saturated carbocycles. The number of halogens is 1. The average molecular weight is 340 g/mol. The summed E-state index contributed by atoms with van der Waals surface area (Å²) in [5, 5.41) is 6.28. The van der Waals surface area contributed by atoms with Crippen molar-refractivity contribution >= 4 is 24.2 Å². The van der Waals surface area contributed by atoms with Gasteiger partial charge >= 0.3 is 0 Å². The Hall–Kier alpha value is -1.59. The predicted octanol–water partition coefficient (Wildman–Crippen LogP) is 1.65. The van der Waals surface area contributed by atoms with E-state index in [1.165, 1.54) is 12.8 Å². The number of nitrogens with one attached hydrogen (secondary N) is 2. The second kappa shape index (κ2) is 10.2. The Morgan fingerprint density at radius 2 is 2.00 bits per heavy atom. The minimum absolute atomic E-state index is 0. The van der Waals surface area contributed by atoms with Crippen molar-refractivity contribution in [1.82, 2.24) is 10.6 Å². The number of hydrogen-bond acceptors (Lipinski definition) is 3. The highest BCUT2D eigenvalue weighted by atomic mass is 35.5. The third-order valence-electron chi connectivity index (χ3n) is 4.19. The lowest BCUT2D eigenvalue weighted by Gasteiger charge is -2.22. The second-order valence-electron chi connectivity index (χ2n) is 5.90. The number of carbonyl (C=O) groups is 2. The maximum absolute atomic E-state index is 11.9. The third kappa shape index (κ3) is 7.01. The first kappa shape index (κ1) is 19.5. The average Bonchev–Trinajstić information content (AvgIpc) is 2.54. The number of hydrogen-bond donors (Lipinski definition) is 3. The number of primary amides is 1. The summed E-state index contributed by atoms with van der Waals surface area (Å²) in [5.41, 5.74) is 6.78. The molecule has 2 rings (SSSR count). The zero-order valence-corrected chi connectivity index (χ0v) is 14.2. The molecule has 0 aliphatic carbocycles. The van der Waals surface area contributed by atoms with Gasteiger partial charge in [0.05, 0.1) is 0 Å². The fourth-order valence-electron chi connectivity index (χ4n) is 2.82. The molecule has 6 heteroatoms. The lowest BCUT2D eigenvalue weighted by molar-refractivity contribution is -0.121. The van der Waals surface area contributed by atoms with Crippen molar-refractivity contribution in [2.75, 3.05) is 19.6 Å². The SMILES string of the molecule is Cl.NC(=O)c1cccc(CCNC(=O)CCC2CCNCC2)c1. The minimum Gasteiger partial charge on any atom is -0.366 e. The van der Waals surface area contributed by atoms with Gasteiger partial charge in [-0.05, 0) is 62.4 Å². The van der Waals surface area contributed by atoms with Gasteiger partial charge in [-0.2, -0.15) is 0 Å². The van der Waals surface area contributed by atoms with Gasteiger partial charge < -0.3 is 16.4 Å². The normalized spacial score (nSPS) is 14.8. The van der Waals surface area contributed by atoms with Gasteiger partial charge in [0.1, 0.15) is 0 Å². The highest BCUT2D eigenvalue weighted by molar-refractivity contribution is 5.92. The van der Waals surface area contributed by atoms with Gasteiger partial charge in [0.2, 0.25) is 11.8 Å². The lowest BCUT2D eigenvalue weighted by Crippen LogP contribution is -2.30. The summed E-state index contributed by atoms with van der Waals surface area (Å²) in [6.07, 6.45) is 4.64. The first-order valence-electron chi connectivity index (χ1n) is 8.01. The van der Waals surface area contributed by atoms with E-state index < -0.39 is 5.91 Å². The van der Waals surface area contributed by atoms with E-state index in [0.29, 0.717) is 30.9 Å². The molecule has 128 valence electrons. The van der Waals surface area contributed by atoms with Crippen molar-refractivity contribution in [1.29, 1.82) is 0 Å². The van der Waals surface area contributed by atoms with Crippen LogP contribution < -0.4 is 16.4 Å². The number of nitrogens with two attached hydrogens (primary N) is 1. The van der Waals surface area contributed by atoms with Crippen molar-refractivity contribution < 1.29 is 9.59 Å². The first-order chi connectivity index (χ1) is 10.6. The summed E-state index contributed by atoms with van der Waals surface area (Å²) < 4.78 is 0. The zero-order valence-electron chi connectivity index (χ0n) is 13.3. The van der Waals surface area contributed by atoms with Gasteiger partial charge in [-0.1, -0.05) is 12.1 Å². The second-order valence-corrected chi connectivity index (χ2v) is 5.90. The lowest BCUT2D eigenvalue weighted by atomic mass is 9.93. The van der Waals surface area contributed by atoms with E-state index in [4.69, 9.17) is 5.73 Å². The van der Waals surface area contributed by atoms with Crippen LogP contribution in [0.5, 0.6) is 0 Å². The van der Waals surface area contributed by atoms with Crippen molar-refractivity contribution in [3.05, 3.63) is 35.4 Å². The van der Waals surface area contributed by atoms with Crippen LogP contribution in [0.1, 0.15) is 41.6 Å². The van der Waals surface area contributed by atoms with Crippen LogP contribution in [-0.4, -0.2) is 31.4 Å². The van der Waals surface area contributed by atoms with E-state index in [-0.39, 0.29) is 18.3 Å². The van der Waals surface area contributed by atoms with Crippen LogP contribution in [0.25, 0.3) is 0 Å². The Morgan fingerprint density at radius 3 is 2.70 bits per heavy atom. The Bertz CT molecular complexity index is 516. The minimum atomic E-state index is -0.423. The van der Waals surface area contributed by atoms with E-state index in [2.05, 4.69) is 10.6 Å². The van der Waals surface area contributed by atoms with Gasteiger partial charge in [-0.25, -0.2) is 0 Å². The number of amides is 2. The molecule has 1 fully saturated rings. The molecule has 2 amide bonds. The molecule has 1 aromatic rings. The summed E-state index contributed by atoms with van der Waals surface area (Å²) in [5.74, 6) is 0.372. The number of piperidine rings is 1. The van der Waals surface area contributed by atoms with Crippen LogP contribution in [-0.2, 0) is 11.2 Å². The Balaban J connectivity index is 0.00000264. The maximum atomic E-state index is 11.9. The predicted molar refractivity (Wildman–Crippen MR) is 93.7 cm³/mol. The summed E-state index contributed by atoms with van der Waals surface area (Å²) in [6.45, 7) is 2.73. The van der Waals surface area contributed by atoms with Crippen LogP contribution in [0.3, 0.4) is 0 Å². The maximum Gasteiger partial charge on any atom is 0.248 e. The smallest absolute Gasteiger partial charge is 0.248 e. The molecule has 0 unspecified atom stereocenters. The monoisotopic (exact) mass is 339 g/mol. The van der Waals surface area contributed by atoms with Crippen molar-refractivity contribution in [2.24, 2.45) is 11.7 Å². The van der Waals surface area contributed by atoms with E-state index >= 15 is 0 Å². The largest absolute Gasteiger partial charge is 0.366 e. The highest BCUT2D eigenvalue weighted by Gasteiger charge is 2.14. The molecule has 0 radical (unpaired) electrons. The van der Waals surface area contributed by atoms with E-state index in [1.54, 1.807) is 12.1 Å². The first-order valence-corrected chi connectivity index (χ1v) is 8.01. The molecule has 1 heterocycles. The molecule has 1 aliphatic rings. The number of benzene rings is 1. The molecule has 0 atom stereocenters. The Labute approximate surface area is 143 Å². The molecular weight excluding hydrogens is 314 g/mol. The van der Waals surface area contributed by atoms with Crippen LogP contribution in [0, 0.1) is 5.92 Å². The van der Waals surface area contributed by atoms with Crippen molar-refractivity contribution in [2.45, 2.75) is 32.1 Å². The quantitative estimate of drug-likeness (QED) is 0.706. The fraction of sp³-hybridized carbons (Fsp3) is 0.529. The van der Waals surface area contributed by atoms with Gasteiger partial charge in [0, 0.05) is 18.5 Å². The van der Waals surface area contributed by atoms with E-state index in [0.717, 1.165) is 25.1 Å². The summed E-state index contributed by atoms with van der Waals surface area (Å²) in [7, 11) is 0. The molecule has 5 nitrogen and oxygen atoms in total. The van der Waals surface area contributed by atoms with E-state index in [9.17, 15) is 9.59 Å². The summed E-state index contributed by atoms with van der Waals surface area (Å²) in [6, 6.07) is 7.23. The van der Waals surface area contributed by atoms with Crippen LogP contribution in [0.2, 0.25) is 0 Å². The van der Waals surface area contributed by atoms with Gasteiger partial charge in [0.25, 0.3) is 0 Å². The number of carbonyl (C=O) groups excluding carboxylic acids is 2. The topological polar surface area (TPSA) is 84.2 Å².